The Balaban J connectivity index is 0.000000211. The molecule has 0 saturated carbocycles. The van der Waals surface area contributed by atoms with Gasteiger partial charge in [-0.05, 0) is 62.8 Å². The van der Waals surface area contributed by atoms with E-state index in [1.807, 2.05) is 13.8 Å². The first-order chi connectivity index (χ1) is 16.4. The van der Waals surface area contributed by atoms with E-state index in [1.54, 1.807) is 6.08 Å². The number of phenolic OH excluding ortho intramolecular Hbond substituents is 4. The van der Waals surface area contributed by atoms with Crippen LogP contribution in [0.1, 0.15) is 61.7 Å². The molecule has 0 bridgehead atoms. The Morgan fingerprint density at radius 1 is 0.714 bits per heavy atom. The predicted molar refractivity (Wildman–Crippen MR) is 124 cm³/mol. The highest BCUT2D eigenvalue weighted by atomic mass is 16.3. The van der Waals surface area contributed by atoms with Gasteiger partial charge in [0.05, 0.1) is 28.4 Å². The molecular formula is C26H22O9. The number of hydrogen-bond acceptors (Lipinski definition) is 9. The van der Waals surface area contributed by atoms with Crippen molar-refractivity contribution in [1.82, 2.24) is 0 Å². The van der Waals surface area contributed by atoms with Gasteiger partial charge in [0.1, 0.15) is 23.0 Å². The van der Waals surface area contributed by atoms with Crippen LogP contribution in [0.4, 0.5) is 0 Å². The molecule has 2 aliphatic rings. The summed E-state index contributed by atoms with van der Waals surface area (Å²) in [4.78, 5) is 47.0. The van der Waals surface area contributed by atoms with Crippen molar-refractivity contribution < 1.29 is 44.7 Å². The zero-order chi connectivity index (χ0) is 26.0. The van der Waals surface area contributed by atoms with Gasteiger partial charge in [0.2, 0.25) is 0 Å². The number of carbonyl (C=O) groups excluding carboxylic acids is 4. The molecule has 9 nitrogen and oxygen atoms in total. The number of carbonyl (C=O) groups is 4. The van der Waals surface area contributed by atoms with E-state index < -0.39 is 29.2 Å². The predicted octanol–water partition coefficient (Wildman–Crippen LogP) is 3.15. The average Bonchev–Trinajstić information content (AvgIpc) is 2.80. The molecule has 0 unspecified atom stereocenters. The van der Waals surface area contributed by atoms with Gasteiger partial charge in [-0.1, -0.05) is 11.6 Å². The van der Waals surface area contributed by atoms with Gasteiger partial charge < -0.3 is 25.5 Å². The summed E-state index contributed by atoms with van der Waals surface area (Å²) < 4.78 is 0. The summed E-state index contributed by atoms with van der Waals surface area (Å²) in [7, 11) is 0. The van der Waals surface area contributed by atoms with E-state index in [1.165, 1.54) is 12.1 Å². The number of phenols is 4. The SMILES string of the molecule is CC(C)=CC[C@H](O)C1=CC(=O)c2c(O)ccc(O)c2C1=O.O=C1C=CC(=O)c2c(O)ccc(O)c21. The molecular weight excluding hydrogens is 456 g/mol. The lowest BCUT2D eigenvalue weighted by Crippen LogP contribution is -2.25. The van der Waals surface area contributed by atoms with Gasteiger partial charge in [-0.2, -0.15) is 0 Å². The molecule has 35 heavy (non-hydrogen) atoms. The number of Topliss-reactive ketones (excluding diaryl/α,β-unsaturated/α-hetero) is 1. The minimum atomic E-state index is -1.13. The van der Waals surface area contributed by atoms with Crippen molar-refractivity contribution in [2.24, 2.45) is 0 Å². The topological polar surface area (TPSA) is 169 Å². The third-order valence-corrected chi connectivity index (χ3v) is 5.33. The van der Waals surface area contributed by atoms with Gasteiger partial charge >= 0.3 is 0 Å². The van der Waals surface area contributed by atoms with Crippen LogP contribution in [0.15, 0.2) is 59.7 Å². The van der Waals surface area contributed by atoms with E-state index in [2.05, 4.69) is 0 Å². The van der Waals surface area contributed by atoms with E-state index in [9.17, 15) is 44.7 Å². The van der Waals surface area contributed by atoms with Crippen LogP contribution in [0.25, 0.3) is 0 Å². The highest BCUT2D eigenvalue weighted by Gasteiger charge is 2.33. The van der Waals surface area contributed by atoms with Gasteiger partial charge in [-0.15, -0.1) is 0 Å². The molecule has 4 rings (SSSR count). The third kappa shape index (κ3) is 4.90. The molecule has 2 aromatic rings. The molecule has 5 N–H and O–H groups in total. The molecule has 9 heteroatoms. The number of hydrogen-bond donors (Lipinski definition) is 5. The summed E-state index contributed by atoms with van der Waals surface area (Å²) in [5.41, 5.74) is 0.165. The first-order valence-electron chi connectivity index (χ1n) is 10.4. The minimum absolute atomic E-state index is 0.0779. The Labute approximate surface area is 199 Å². The maximum absolute atomic E-state index is 12.3. The van der Waals surface area contributed by atoms with Gasteiger partial charge in [-0.25, -0.2) is 0 Å². The Morgan fingerprint density at radius 3 is 1.54 bits per heavy atom. The second-order valence-corrected chi connectivity index (χ2v) is 8.10. The van der Waals surface area contributed by atoms with Gasteiger partial charge in [0, 0.05) is 5.57 Å². The van der Waals surface area contributed by atoms with Crippen LogP contribution in [0.2, 0.25) is 0 Å². The van der Waals surface area contributed by atoms with Crippen molar-refractivity contribution in [1.29, 1.82) is 0 Å². The number of aliphatic hydroxyl groups is 1. The van der Waals surface area contributed by atoms with Crippen molar-refractivity contribution in [3.8, 4) is 23.0 Å². The quantitative estimate of drug-likeness (QED) is 0.328. The smallest absolute Gasteiger partial charge is 0.196 e. The summed E-state index contributed by atoms with van der Waals surface area (Å²) in [5, 5.41) is 48.2. The largest absolute Gasteiger partial charge is 0.507 e. The number of fused-ring (bicyclic) bond motifs is 2. The fraction of sp³-hybridized carbons (Fsp3) is 0.154. The molecule has 0 amide bonds. The van der Waals surface area contributed by atoms with Crippen LogP contribution in [0.3, 0.4) is 0 Å². The Kier molecular flexibility index (Phi) is 7.02. The maximum Gasteiger partial charge on any atom is 0.196 e. The van der Waals surface area contributed by atoms with Gasteiger partial charge in [-0.3, -0.25) is 19.2 Å². The van der Waals surface area contributed by atoms with Gasteiger partial charge in [0.15, 0.2) is 23.1 Å². The second kappa shape index (κ2) is 9.78. The molecule has 180 valence electrons. The average molecular weight is 478 g/mol. The molecule has 0 saturated heterocycles. The lowest BCUT2D eigenvalue weighted by Gasteiger charge is -2.20. The molecule has 0 fully saturated rings. The molecule has 0 spiro atoms. The summed E-state index contributed by atoms with van der Waals surface area (Å²) in [5.74, 6) is -3.55. The number of rotatable bonds is 3. The zero-order valence-corrected chi connectivity index (χ0v) is 18.8. The van der Waals surface area contributed by atoms with E-state index in [0.717, 1.165) is 35.9 Å². The van der Waals surface area contributed by atoms with Crippen LogP contribution in [0, 0.1) is 0 Å². The standard InChI is InChI=1S/C16H16O5.C10H6O4/c1-8(2)3-4-10(17)9-7-13(20)14-11(18)5-6-12(19)15(14)16(9)21;11-5-1-2-6(12)10-8(14)4-3-7(13)9(5)10/h3,5-7,10,17-19H,4H2,1-2H3;1-4,11-12H/t10-;/m0./s1. The van der Waals surface area contributed by atoms with Crippen molar-refractivity contribution in [3.63, 3.8) is 0 Å². The molecule has 0 heterocycles. The molecule has 0 aliphatic heterocycles. The fourth-order valence-electron chi connectivity index (χ4n) is 3.60. The highest BCUT2D eigenvalue weighted by molar-refractivity contribution is 6.27. The van der Waals surface area contributed by atoms with Crippen LogP contribution in [-0.2, 0) is 0 Å². The van der Waals surface area contributed by atoms with Gasteiger partial charge in [0.25, 0.3) is 0 Å². The normalized spacial score (nSPS) is 14.9. The Hall–Kier alpha value is -4.50. The lowest BCUT2D eigenvalue weighted by molar-refractivity contribution is 0.0943. The first-order valence-corrected chi connectivity index (χ1v) is 10.4. The Morgan fingerprint density at radius 2 is 1.11 bits per heavy atom. The monoisotopic (exact) mass is 478 g/mol. The number of aliphatic hydroxyl groups excluding tert-OH is 1. The lowest BCUT2D eigenvalue weighted by atomic mass is 9.85. The summed E-state index contributed by atoms with van der Waals surface area (Å²) >= 11 is 0. The molecule has 0 radical (unpaired) electrons. The third-order valence-electron chi connectivity index (χ3n) is 5.33. The summed E-state index contributed by atoms with van der Waals surface area (Å²) in [6.45, 7) is 3.71. The van der Waals surface area contributed by atoms with E-state index >= 15 is 0 Å². The molecule has 2 aliphatic carbocycles. The van der Waals surface area contributed by atoms with E-state index in [4.69, 9.17) is 0 Å². The second-order valence-electron chi connectivity index (χ2n) is 8.10. The minimum Gasteiger partial charge on any atom is -0.507 e. The van der Waals surface area contributed by atoms with E-state index in [-0.39, 0.29) is 57.2 Å². The van der Waals surface area contributed by atoms with Crippen molar-refractivity contribution in [3.05, 3.63) is 82.0 Å². The van der Waals surface area contributed by atoms with Crippen LogP contribution < -0.4 is 0 Å². The van der Waals surface area contributed by atoms with Crippen molar-refractivity contribution >= 4 is 23.1 Å². The Bertz CT molecular complexity index is 1310. The van der Waals surface area contributed by atoms with Crippen LogP contribution in [-0.4, -0.2) is 54.8 Å². The van der Waals surface area contributed by atoms with Crippen molar-refractivity contribution in [2.75, 3.05) is 0 Å². The van der Waals surface area contributed by atoms with Crippen molar-refractivity contribution in [2.45, 2.75) is 26.4 Å². The number of ketones is 4. The van der Waals surface area contributed by atoms with E-state index in [0.29, 0.717) is 0 Å². The molecule has 1 atom stereocenters. The number of benzene rings is 2. The van der Waals surface area contributed by atoms with Crippen LogP contribution >= 0.6 is 0 Å². The zero-order valence-electron chi connectivity index (χ0n) is 18.8. The number of allylic oxidation sites excluding steroid dienone is 4. The summed E-state index contributed by atoms with van der Waals surface area (Å²) in [6.07, 6.45) is 3.98. The summed E-state index contributed by atoms with van der Waals surface area (Å²) in [6, 6.07) is 4.65. The van der Waals surface area contributed by atoms with Crippen LogP contribution in [0.5, 0.6) is 23.0 Å². The molecule has 2 aromatic carbocycles. The first kappa shape index (κ1) is 25.1. The fourth-order valence-corrected chi connectivity index (χ4v) is 3.60. The maximum atomic E-state index is 12.3. The highest BCUT2D eigenvalue weighted by Crippen LogP contribution is 2.36. The number of aromatic hydroxyl groups is 4. The molecule has 0 aromatic heterocycles.